The molecule has 2 N–H and O–H groups in total. The van der Waals surface area contributed by atoms with Crippen LogP contribution in [0, 0.1) is 5.92 Å². The van der Waals surface area contributed by atoms with E-state index in [1.807, 2.05) is 48.5 Å². The van der Waals surface area contributed by atoms with Crippen molar-refractivity contribution >= 4 is 22.9 Å². The minimum atomic E-state index is 0.0521. The highest BCUT2D eigenvalue weighted by molar-refractivity contribution is 5.79. The molecule has 0 saturated carbocycles. The van der Waals surface area contributed by atoms with Gasteiger partial charge in [-0.15, -0.1) is 0 Å². The topological polar surface area (TPSA) is 70.2 Å². The van der Waals surface area contributed by atoms with Gasteiger partial charge in [0.2, 0.25) is 11.9 Å². The normalized spacial score (nSPS) is 15.1. The number of ether oxygens (including phenoxy) is 1. The van der Waals surface area contributed by atoms with Gasteiger partial charge in [-0.05, 0) is 42.7 Å². The molecule has 1 aliphatic rings. The van der Waals surface area contributed by atoms with Crippen LogP contribution in [-0.4, -0.2) is 36.1 Å². The van der Waals surface area contributed by atoms with Crippen LogP contribution in [0.1, 0.15) is 18.4 Å². The number of amides is 1. The van der Waals surface area contributed by atoms with Crippen LogP contribution in [0.3, 0.4) is 0 Å². The maximum absolute atomic E-state index is 12.5. The van der Waals surface area contributed by atoms with E-state index in [9.17, 15) is 4.79 Å². The molecule has 3 aromatic rings. The lowest BCUT2D eigenvalue weighted by molar-refractivity contribution is -0.125. The van der Waals surface area contributed by atoms with Gasteiger partial charge in [-0.1, -0.05) is 24.3 Å². The number of aromatic nitrogens is 2. The van der Waals surface area contributed by atoms with Crippen LogP contribution in [0.5, 0.6) is 5.75 Å². The van der Waals surface area contributed by atoms with E-state index in [1.54, 1.807) is 7.11 Å². The summed E-state index contributed by atoms with van der Waals surface area (Å²) in [6.07, 6.45) is 1.67. The highest BCUT2D eigenvalue weighted by atomic mass is 16.5. The largest absolute Gasteiger partial charge is 0.497 e. The highest BCUT2D eigenvalue weighted by Crippen LogP contribution is 2.24. The number of nitrogens with zero attached hydrogens (tertiary/aromatic N) is 2. The van der Waals surface area contributed by atoms with E-state index in [2.05, 4.69) is 20.2 Å². The number of aromatic amines is 1. The van der Waals surface area contributed by atoms with Gasteiger partial charge in [0.1, 0.15) is 5.75 Å². The monoisotopic (exact) mass is 364 g/mol. The third-order valence-corrected chi connectivity index (χ3v) is 5.14. The number of hydrogen-bond donors (Lipinski definition) is 2. The van der Waals surface area contributed by atoms with Crippen molar-refractivity contribution in [1.82, 2.24) is 15.3 Å². The van der Waals surface area contributed by atoms with Gasteiger partial charge < -0.3 is 19.9 Å². The summed E-state index contributed by atoms with van der Waals surface area (Å²) >= 11 is 0. The zero-order valence-corrected chi connectivity index (χ0v) is 15.4. The zero-order valence-electron chi connectivity index (χ0n) is 15.4. The van der Waals surface area contributed by atoms with E-state index in [0.717, 1.165) is 54.2 Å². The molecule has 2 heterocycles. The number of nitrogens with one attached hydrogen (secondary N) is 2. The van der Waals surface area contributed by atoms with Crippen molar-refractivity contribution in [3.8, 4) is 5.75 Å². The summed E-state index contributed by atoms with van der Waals surface area (Å²) in [5, 5.41) is 3.06. The number of para-hydroxylation sites is 2. The molecule has 1 amide bonds. The van der Waals surface area contributed by atoms with Gasteiger partial charge in [0.25, 0.3) is 0 Å². The fourth-order valence-electron chi connectivity index (χ4n) is 3.56. The Kier molecular flexibility index (Phi) is 4.96. The molecule has 140 valence electrons. The Bertz CT molecular complexity index is 896. The highest BCUT2D eigenvalue weighted by Gasteiger charge is 2.26. The summed E-state index contributed by atoms with van der Waals surface area (Å²) in [4.78, 5) is 22.8. The number of benzene rings is 2. The van der Waals surface area contributed by atoms with Gasteiger partial charge in [-0.3, -0.25) is 4.79 Å². The van der Waals surface area contributed by atoms with Crippen molar-refractivity contribution in [2.75, 3.05) is 25.1 Å². The van der Waals surface area contributed by atoms with Crippen LogP contribution >= 0.6 is 0 Å². The number of fused-ring (bicyclic) bond motifs is 1. The predicted octanol–water partition coefficient (Wildman–Crippen LogP) is 3.10. The minimum Gasteiger partial charge on any atom is -0.497 e. The minimum absolute atomic E-state index is 0.0521. The van der Waals surface area contributed by atoms with Crippen LogP contribution < -0.4 is 15.0 Å². The van der Waals surface area contributed by atoms with Crippen molar-refractivity contribution in [1.29, 1.82) is 0 Å². The van der Waals surface area contributed by atoms with Gasteiger partial charge in [0.15, 0.2) is 0 Å². The van der Waals surface area contributed by atoms with E-state index in [-0.39, 0.29) is 11.8 Å². The van der Waals surface area contributed by atoms with Crippen molar-refractivity contribution in [3.63, 3.8) is 0 Å². The third-order valence-electron chi connectivity index (χ3n) is 5.14. The Morgan fingerprint density at radius 2 is 2.04 bits per heavy atom. The first-order valence-corrected chi connectivity index (χ1v) is 9.33. The quantitative estimate of drug-likeness (QED) is 0.730. The lowest BCUT2D eigenvalue weighted by Gasteiger charge is -2.31. The first-order chi connectivity index (χ1) is 13.2. The number of hydrogen-bond acceptors (Lipinski definition) is 4. The molecular formula is C21H24N4O2. The molecule has 6 nitrogen and oxygen atoms in total. The average molecular weight is 364 g/mol. The Morgan fingerprint density at radius 3 is 2.81 bits per heavy atom. The molecule has 0 radical (unpaired) electrons. The lowest BCUT2D eigenvalue weighted by atomic mass is 9.96. The standard InChI is InChI=1S/C21H24N4O2/c1-27-17-6-4-5-15(13-17)14-22-20(26)16-9-11-25(12-10-16)21-23-18-7-2-3-8-19(18)24-21/h2-8,13,16H,9-12,14H2,1H3,(H,22,26)(H,23,24). The Labute approximate surface area is 158 Å². The van der Waals surface area contributed by atoms with Gasteiger partial charge in [-0.25, -0.2) is 4.98 Å². The van der Waals surface area contributed by atoms with E-state index in [4.69, 9.17) is 4.74 Å². The number of methoxy groups -OCH3 is 1. The zero-order chi connectivity index (χ0) is 18.6. The number of imidazole rings is 1. The van der Waals surface area contributed by atoms with Crippen molar-refractivity contribution in [2.45, 2.75) is 19.4 Å². The lowest BCUT2D eigenvalue weighted by Crippen LogP contribution is -2.40. The number of anilines is 1. The molecule has 4 rings (SSSR count). The molecule has 0 atom stereocenters. The SMILES string of the molecule is COc1cccc(CNC(=O)C2CCN(c3nc4ccccc4[nH]3)CC2)c1. The fraction of sp³-hybridized carbons (Fsp3) is 0.333. The number of carbonyl (C=O) groups excluding carboxylic acids is 1. The Balaban J connectivity index is 1.31. The van der Waals surface area contributed by atoms with E-state index in [0.29, 0.717) is 6.54 Å². The summed E-state index contributed by atoms with van der Waals surface area (Å²) < 4.78 is 5.23. The Hall–Kier alpha value is -3.02. The second-order valence-corrected chi connectivity index (χ2v) is 6.91. The summed E-state index contributed by atoms with van der Waals surface area (Å²) in [5.41, 5.74) is 3.07. The number of carbonyl (C=O) groups is 1. The maximum Gasteiger partial charge on any atom is 0.223 e. The van der Waals surface area contributed by atoms with Crippen molar-refractivity contribution < 1.29 is 9.53 Å². The molecule has 0 bridgehead atoms. The first-order valence-electron chi connectivity index (χ1n) is 9.33. The number of rotatable bonds is 5. The molecule has 0 aliphatic carbocycles. The average Bonchev–Trinajstić information content (AvgIpc) is 3.16. The van der Waals surface area contributed by atoms with Crippen LogP contribution in [0.2, 0.25) is 0 Å². The van der Waals surface area contributed by atoms with Gasteiger partial charge in [0, 0.05) is 25.6 Å². The summed E-state index contributed by atoms with van der Waals surface area (Å²) in [6, 6.07) is 15.8. The van der Waals surface area contributed by atoms with E-state index in [1.165, 1.54) is 0 Å². The molecule has 2 aromatic carbocycles. The van der Waals surface area contributed by atoms with Crippen molar-refractivity contribution in [3.05, 3.63) is 54.1 Å². The van der Waals surface area contributed by atoms with Crippen LogP contribution in [0.4, 0.5) is 5.95 Å². The number of piperidine rings is 1. The molecule has 1 aromatic heterocycles. The summed E-state index contributed by atoms with van der Waals surface area (Å²) in [5.74, 6) is 1.88. The van der Waals surface area contributed by atoms with Crippen LogP contribution in [-0.2, 0) is 11.3 Å². The summed E-state index contributed by atoms with van der Waals surface area (Å²) in [6.45, 7) is 2.19. The van der Waals surface area contributed by atoms with E-state index >= 15 is 0 Å². The predicted molar refractivity (Wildman–Crippen MR) is 106 cm³/mol. The van der Waals surface area contributed by atoms with Crippen molar-refractivity contribution in [2.24, 2.45) is 5.92 Å². The van der Waals surface area contributed by atoms with Gasteiger partial charge >= 0.3 is 0 Å². The third kappa shape index (κ3) is 3.89. The summed E-state index contributed by atoms with van der Waals surface area (Å²) in [7, 11) is 1.65. The molecule has 1 saturated heterocycles. The smallest absolute Gasteiger partial charge is 0.223 e. The molecular weight excluding hydrogens is 340 g/mol. The number of H-pyrrole nitrogens is 1. The molecule has 27 heavy (non-hydrogen) atoms. The Morgan fingerprint density at radius 1 is 1.22 bits per heavy atom. The molecule has 0 unspecified atom stereocenters. The second-order valence-electron chi connectivity index (χ2n) is 6.91. The fourth-order valence-corrected chi connectivity index (χ4v) is 3.56. The van der Waals surface area contributed by atoms with Crippen LogP contribution in [0.25, 0.3) is 11.0 Å². The van der Waals surface area contributed by atoms with Gasteiger partial charge in [0.05, 0.1) is 18.1 Å². The van der Waals surface area contributed by atoms with E-state index < -0.39 is 0 Å². The second kappa shape index (κ2) is 7.70. The molecule has 1 aliphatic heterocycles. The molecule has 1 fully saturated rings. The van der Waals surface area contributed by atoms with Crippen LogP contribution in [0.15, 0.2) is 48.5 Å². The molecule has 6 heteroatoms. The maximum atomic E-state index is 12.5. The molecule has 0 spiro atoms. The van der Waals surface area contributed by atoms with Gasteiger partial charge in [-0.2, -0.15) is 0 Å². The first kappa shape index (κ1) is 17.4.